The molecule has 1 N–H and O–H groups in total. The van der Waals surface area contributed by atoms with Crippen LogP contribution in [0.25, 0.3) is 20.8 Å². The number of fused-ring (bicyclic) bond motifs is 1. The Kier molecular flexibility index (Phi) is 6.58. The SMILES string of the molecule is Cc1csc2ccnc(N(C(=O)c3ccc(-c4nnc(CCC#N)s4)nc3)[C@@H]3CCCNC3)c12. The van der Waals surface area contributed by atoms with E-state index in [1.54, 1.807) is 29.8 Å². The van der Waals surface area contributed by atoms with Crippen LogP contribution in [0.2, 0.25) is 0 Å². The second-order valence-electron chi connectivity index (χ2n) is 8.19. The first-order valence-electron chi connectivity index (χ1n) is 11.2. The van der Waals surface area contributed by atoms with Crippen LogP contribution in [-0.2, 0) is 6.42 Å². The first-order valence-corrected chi connectivity index (χ1v) is 12.9. The summed E-state index contributed by atoms with van der Waals surface area (Å²) >= 11 is 3.09. The minimum atomic E-state index is -0.106. The third kappa shape index (κ3) is 4.42. The largest absolute Gasteiger partial charge is 0.315 e. The van der Waals surface area contributed by atoms with Crippen LogP contribution < -0.4 is 10.2 Å². The lowest BCUT2D eigenvalue weighted by atomic mass is 10.0. The molecular formula is C24H23N7OS2. The van der Waals surface area contributed by atoms with Crippen molar-refractivity contribution >= 4 is 44.5 Å². The molecular weight excluding hydrogens is 466 g/mol. The van der Waals surface area contributed by atoms with Gasteiger partial charge in [0.1, 0.15) is 16.5 Å². The van der Waals surface area contributed by atoms with Crippen LogP contribution in [0.1, 0.15) is 40.2 Å². The lowest BCUT2D eigenvalue weighted by Crippen LogP contribution is -2.49. The van der Waals surface area contributed by atoms with Gasteiger partial charge < -0.3 is 5.32 Å². The number of piperidine rings is 1. The molecule has 0 bridgehead atoms. The Morgan fingerprint density at radius 2 is 2.21 bits per heavy atom. The maximum Gasteiger partial charge on any atom is 0.261 e. The molecule has 1 amide bonds. The van der Waals surface area contributed by atoms with Gasteiger partial charge in [-0.05, 0) is 55.5 Å². The number of anilines is 1. The van der Waals surface area contributed by atoms with Gasteiger partial charge in [-0.3, -0.25) is 14.7 Å². The van der Waals surface area contributed by atoms with Gasteiger partial charge in [0.25, 0.3) is 5.91 Å². The Morgan fingerprint density at radius 1 is 1.29 bits per heavy atom. The summed E-state index contributed by atoms with van der Waals surface area (Å²) in [5.74, 6) is 0.607. The molecule has 0 unspecified atom stereocenters. The highest BCUT2D eigenvalue weighted by atomic mass is 32.1. The summed E-state index contributed by atoms with van der Waals surface area (Å²) in [5.41, 5.74) is 2.30. The number of rotatable bonds is 6. The standard InChI is InChI=1S/C24H23N7OS2/c1-15-14-33-19-8-11-27-22(21(15)19)31(17-4-3-10-26-13-17)24(32)16-6-7-18(28-12-16)23-30-29-20(34-23)5-2-9-25/h6-8,11-12,14,17,26H,2-5,10,13H2,1H3/t17-/m1/s1. The molecule has 0 spiro atoms. The molecule has 5 rings (SSSR count). The molecule has 1 saturated heterocycles. The van der Waals surface area contributed by atoms with Crippen molar-refractivity contribution in [3.63, 3.8) is 0 Å². The van der Waals surface area contributed by atoms with E-state index in [0.717, 1.165) is 46.6 Å². The normalized spacial score (nSPS) is 15.8. The number of nitrogens with zero attached hydrogens (tertiary/aromatic N) is 6. The third-order valence-electron chi connectivity index (χ3n) is 5.88. The number of nitriles is 1. The highest BCUT2D eigenvalue weighted by Gasteiger charge is 2.31. The summed E-state index contributed by atoms with van der Waals surface area (Å²) in [6.07, 6.45) is 6.31. The quantitative estimate of drug-likeness (QED) is 0.428. The first-order chi connectivity index (χ1) is 16.7. The molecule has 0 saturated carbocycles. The molecule has 0 aliphatic carbocycles. The fourth-order valence-electron chi connectivity index (χ4n) is 4.19. The minimum Gasteiger partial charge on any atom is -0.315 e. The Balaban J connectivity index is 1.47. The van der Waals surface area contributed by atoms with Crippen LogP contribution in [0.5, 0.6) is 0 Å². The topological polar surface area (TPSA) is 108 Å². The fourth-order valence-corrected chi connectivity index (χ4v) is 5.94. The average Bonchev–Trinajstić information content (AvgIpc) is 3.51. The van der Waals surface area contributed by atoms with Crippen LogP contribution in [0.4, 0.5) is 5.82 Å². The van der Waals surface area contributed by atoms with Crippen LogP contribution >= 0.6 is 22.7 Å². The fraction of sp³-hybridized carbons (Fsp3) is 0.333. The van der Waals surface area contributed by atoms with Crippen LogP contribution in [0.15, 0.2) is 36.0 Å². The zero-order chi connectivity index (χ0) is 23.5. The molecule has 4 aromatic heterocycles. The maximum absolute atomic E-state index is 13.9. The van der Waals surface area contributed by atoms with Crippen molar-refractivity contribution in [3.05, 3.63) is 52.1 Å². The van der Waals surface area contributed by atoms with Gasteiger partial charge in [-0.15, -0.1) is 21.5 Å². The van der Waals surface area contributed by atoms with Crippen molar-refractivity contribution in [2.24, 2.45) is 0 Å². The number of aryl methyl sites for hydroxylation is 2. The van der Waals surface area contributed by atoms with E-state index in [1.807, 2.05) is 17.0 Å². The summed E-state index contributed by atoms with van der Waals surface area (Å²) < 4.78 is 1.13. The van der Waals surface area contributed by atoms with E-state index in [1.165, 1.54) is 11.3 Å². The summed E-state index contributed by atoms with van der Waals surface area (Å²) in [6.45, 7) is 3.76. The molecule has 172 valence electrons. The molecule has 4 aromatic rings. The third-order valence-corrected chi connectivity index (χ3v) is 7.95. The van der Waals surface area contributed by atoms with Gasteiger partial charge in [0, 0.05) is 41.9 Å². The molecule has 0 aromatic carbocycles. The maximum atomic E-state index is 13.9. The molecule has 0 radical (unpaired) electrons. The molecule has 1 atom stereocenters. The van der Waals surface area contributed by atoms with E-state index in [9.17, 15) is 4.79 Å². The number of thiophene rings is 1. The Hall–Kier alpha value is -3.26. The minimum absolute atomic E-state index is 0.0178. The van der Waals surface area contributed by atoms with E-state index in [-0.39, 0.29) is 11.9 Å². The zero-order valence-electron chi connectivity index (χ0n) is 18.7. The number of carbonyl (C=O) groups excluding carboxylic acids is 1. The molecule has 8 nitrogen and oxygen atoms in total. The van der Waals surface area contributed by atoms with Crippen molar-refractivity contribution in [1.82, 2.24) is 25.5 Å². The lowest BCUT2D eigenvalue weighted by molar-refractivity contribution is 0.0971. The van der Waals surface area contributed by atoms with E-state index in [4.69, 9.17) is 5.26 Å². The Bertz CT molecular complexity index is 1350. The second-order valence-corrected chi connectivity index (χ2v) is 10.2. The van der Waals surface area contributed by atoms with Crippen LogP contribution in [-0.4, -0.2) is 45.2 Å². The van der Waals surface area contributed by atoms with Crippen LogP contribution in [0.3, 0.4) is 0 Å². The smallest absolute Gasteiger partial charge is 0.261 e. The molecule has 1 aliphatic heterocycles. The van der Waals surface area contributed by atoms with Crippen molar-refractivity contribution in [1.29, 1.82) is 5.26 Å². The van der Waals surface area contributed by atoms with Gasteiger partial charge in [-0.2, -0.15) is 5.26 Å². The molecule has 34 heavy (non-hydrogen) atoms. The number of amides is 1. The summed E-state index contributed by atoms with van der Waals surface area (Å²) in [4.78, 5) is 24.9. The van der Waals surface area contributed by atoms with Crippen molar-refractivity contribution < 1.29 is 4.79 Å². The number of aromatic nitrogens is 4. The van der Waals surface area contributed by atoms with Gasteiger partial charge in [0.2, 0.25) is 0 Å². The molecule has 10 heteroatoms. The highest BCUT2D eigenvalue weighted by molar-refractivity contribution is 7.17. The number of hydrogen-bond acceptors (Lipinski definition) is 9. The van der Waals surface area contributed by atoms with Gasteiger partial charge in [0.15, 0.2) is 5.01 Å². The predicted molar refractivity (Wildman–Crippen MR) is 134 cm³/mol. The summed E-state index contributed by atoms with van der Waals surface area (Å²) in [6, 6.07) is 7.75. The molecule has 1 aliphatic rings. The van der Waals surface area contributed by atoms with E-state index in [2.05, 4.69) is 43.9 Å². The van der Waals surface area contributed by atoms with E-state index in [0.29, 0.717) is 34.9 Å². The first kappa shape index (κ1) is 22.5. The lowest BCUT2D eigenvalue weighted by Gasteiger charge is -2.34. The van der Waals surface area contributed by atoms with Gasteiger partial charge in [-0.1, -0.05) is 11.3 Å². The van der Waals surface area contributed by atoms with Crippen molar-refractivity contribution in [2.45, 2.75) is 38.6 Å². The number of carbonyl (C=O) groups is 1. The van der Waals surface area contributed by atoms with Gasteiger partial charge in [-0.25, -0.2) is 4.98 Å². The summed E-state index contributed by atoms with van der Waals surface area (Å²) in [5, 5.41) is 25.2. The number of nitrogens with one attached hydrogen (secondary N) is 1. The van der Waals surface area contributed by atoms with Gasteiger partial charge >= 0.3 is 0 Å². The van der Waals surface area contributed by atoms with Crippen molar-refractivity contribution in [3.8, 4) is 16.8 Å². The number of pyridine rings is 2. The van der Waals surface area contributed by atoms with Gasteiger partial charge in [0.05, 0.1) is 17.7 Å². The van der Waals surface area contributed by atoms with E-state index < -0.39 is 0 Å². The van der Waals surface area contributed by atoms with Crippen LogP contribution in [0, 0.1) is 18.3 Å². The average molecular weight is 490 g/mol. The predicted octanol–water partition coefficient (Wildman–Crippen LogP) is 4.37. The van der Waals surface area contributed by atoms with Crippen molar-refractivity contribution in [2.75, 3.05) is 18.0 Å². The molecule has 1 fully saturated rings. The number of hydrogen-bond donors (Lipinski definition) is 1. The summed E-state index contributed by atoms with van der Waals surface area (Å²) in [7, 11) is 0. The Morgan fingerprint density at radius 3 is 2.97 bits per heavy atom. The monoisotopic (exact) mass is 489 g/mol. The Labute approximate surface area is 205 Å². The van der Waals surface area contributed by atoms with E-state index >= 15 is 0 Å². The second kappa shape index (κ2) is 9.93. The zero-order valence-corrected chi connectivity index (χ0v) is 20.3. The highest BCUT2D eigenvalue weighted by Crippen LogP contribution is 2.35. The molecule has 5 heterocycles.